The minimum atomic E-state index is 0.219. The van der Waals surface area contributed by atoms with Crippen molar-refractivity contribution in [2.24, 2.45) is 5.92 Å². The molecule has 3 rings (SSSR count). The van der Waals surface area contributed by atoms with E-state index in [0.29, 0.717) is 18.2 Å². The number of rotatable bonds is 5. The van der Waals surface area contributed by atoms with Crippen LogP contribution in [0, 0.1) is 5.92 Å². The third kappa shape index (κ3) is 3.68. The van der Waals surface area contributed by atoms with Gasteiger partial charge in [-0.05, 0) is 25.2 Å². The maximum absolute atomic E-state index is 12.5. The molecule has 22 heavy (non-hydrogen) atoms. The van der Waals surface area contributed by atoms with Crippen molar-refractivity contribution in [3.8, 4) is 0 Å². The number of nitrogens with zero attached hydrogens (tertiary/aromatic N) is 3. The van der Waals surface area contributed by atoms with Crippen molar-refractivity contribution in [2.75, 3.05) is 13.1 Å². The van der Waals surface area contributed by atoms with Crippen molar-refractivity contribution >= 4 is 5.91 Å². The van der Waals surface area contributed by atoms with Gasteiger partial charge in [0.1, 0.15) is 0 Å². The standard InChI is InChI=1S/C17H27N3O2/c1-2-15-18-17(22-19-15)14-8-5-11-20(12-14)16(21)10-9-13-6-3-4-7-13/h13-14H,2-12H2,1H3/t14-/m1/s1. The number of piperidine rings is 1. The van der Waals surface area contributed by atoms with Gasteiger partial charge in [-0.15, -0.1) is 0 Å². The third-order valence-corrected chi connectivity index (χ3v) is 5.16. The molecule has 1 saturated heterocycles. The molecule has 1 amide bonds. The second-order valence-electron chi connectivity index (χ2n) is 6.77. The normalized spacial score (nSPS) is 23.1. The van der Waals surface area contributed by atoms with Crippen LogP contribution < -0.4 is 0 Å². The Hall–Kier alpha value is -1.39. The molecule has 0 bridgehead atoms. The van der Waals surface area contributed by atoms with Crippen LogP contribution in [0.15, 0.2) is 4.52 Å². The van der Waals surface area contributed by atoms with Gasteiger partial charge < -0.3 is 9.42 Å². The SMILES string of the molecule is CCc1noc([C@@H]2CCCN(C(=O)CCC3CCCC3)C2)n1. The van der Waals surface area contributed by atoms with Gasteiger partial charge in [-0.2, -0.15) is 4.98 Å². The first kappa shape index (κ1) is 15.5. The first-order valence-corrected chi connectivity index (χ1v) is 8.86. The highest BCUT2D eigenvalue weighted by Gasteiger charge is 2.28. The van der Waals surface area contributed by atoms with Gasteiger partial charge in [0.25, 0.3) is 0 Å². The number of carbonyl (C=O) groups is 1. The molecule has 2 fully saturated rings. The van der Waals surface area contributed by atoms with Crippen LogP contribution in [0.1, 0.15) is 75.9 Å². The molecule has 5 nitrogen and oxygen atoms in total. The van der Waals surface area contributed by atoms with Gasteiger partial charge >= 0.3 is 0 Å². The Morgan fingerprint density at radius 3 is 2.82 bits per heavy atom. The lowest BCUT2D eigenvalue weighted by Crippen LogP contribution is -2.39. The molecule has 1 aliphatic heterocycles. The van der Waals surface area contributed by atoms with Crippen LogP contribution in [0.2, 0.25) is 0 Å². The van der Waals surface area contributed by atoms with E-state index >= 15 is 0 Å². The summed E-state index contributed by atoms with van der Waals surface area (Å²) in [6.45, 7) is 3.65. The van der Waals surface area contributed by atoms with Crippen molar-refractivity contribution in [1.82, 2.24) is 15.0 Å². The highest BCUT2D eigenvalue weighted by molar-refractivity contribution is 5.76. The fourth-order valence-corrected chi connectivity index (χ4v) is 3.77. The molecule has 1 aromatic rings. The summed E-state index contributed by atoms with van der Waals surface area (Å²) in [4.78, 5) is 18.9. The topological polar surface area (TPSA) is 59.2 Å². The Morgan fingerprint density at radius 1 is 1.27 bits per heavy atom. The molecule has 1 atom stereocenters. The van der Waals surface area contributed by atoms with E-state index in [1.54, 1.807) is 0 Å². The molecular weight excluding hydrogens is 278 g/mol. The minimum absolute atomic E-state index is 0.219. The summed E-state index contributed by atoms with van der Waals surface area (Å²) in [5.41, 5.74) is 0. The Balaban J connectivity index is 1.51. The molecule has 1 saturated carbocycles. The summed E-state index contributed by atoms with van der Waals surface area (Å²) < 4.78 is 5.37. The zero-order valence-corrected chi connectivity index (χ0v) is 13.6. The van der Waals surface area contributed by atoms with Crippen LogP contribution in [0.5, 0.6) is 0 Å². The number of amides is 1. The average molecular weight is 305 g/mol. The van der Waals surface area contributed by atoms with Crippen LogP contribution in [-0.2, 0) is 11.2 Å². The molecule has 1 aromatic heterocycles. The number of aromatic nitrogens is 2. The van der Waals surface area contributed by atoms with Gasteiger partial charge in [-0.3, -0.25) is 4.79 Å². The van der Waals surface area contributed by atoms with Crippen molar-refractivity contribution in [1.29, 1.82) is 0 Å². The van der Waals surface area contributed by atoms with Gasteiger partial charge in [-0.1, -0.05) is 37.8 Å². The Morgan fingerprint density at radius 2 is 2.09 bits per heavy atom. The second kappa shape index (κ2) is 7.25. The van der Waals surface area contributed by atoms with E-state index in [0.717, 1.165) is 50.5 Å². The van der Waals surface area contributed by atoms with Crippen LogP contribution in [0.3, 0.4) is 0 Å². The van der Waals surface area contributed by atoms with E-state index in [2.05, 4.69) is 10.1 Å². The van der Waals surface area contributed by atoms with Gasteiger partial charge in [-0.25, -0.2) is 0 Å². The number of carbonyl (C=O) groups excluding carboxylic acids is 1. The summed E-state index contributed by atoms with van der Waals surface area (Å²) in [6, 6.07) is 0. The second-order valence-corrected chi connectivity index (χ2v) is 6.77. The smallest absolute Gasteiger partial charge is 0.231 e. The van der Waals surface area contributed by atoms with Crippen molar-refractivity contribution in [3.63, 3.8) is 0 Å². The van der Waals surface area contributed by atoms with E-state index < -0.39 is 0 Å². The zero-order valence-electron chi connectivity index (χ0n) is 13.6. The first-order valence-electron chi connectivity index (χ1n) is 8.86. The molecule has 1 aliphatic carbocycles. The molecule has 122 valence electrons. The number of aryl methyl sites for hydroxylation is 1. The number of hydrogen-bond acceptors (Lipinski definition) is 4. The summed E-state index contributed by atoms with van der Waals surface area (Å²) in [7, 11) is 0. The summed E-state index contributed by atoms with van der Waals surface area (Å²) in [5.74, 6) is 2.79. The lowest BCUT2D eigenvalue weighted by atomic mass is 9.96. The summed E-state index contributed by atoms with van der Waals surface area (Å²) >= 11 is 0. The van der Waals surface area contributed by atoms with Crippen LogP contribution in [0.25, 0.3) is 0 Å². The fourth-order valence-electron chi connectivity index (χ4n) is 3.77. The largest absolute Gasteiger partial charge is 0.342 e. The molecule has 0 radical (unpaired) electrons. The fraction of sp³-hybridized carbons (Fsp3) is 0.824. The molecule has 2 aliphatic rings. The molecule has 5 heteroatoms. The molecule has 0 spiro atoms. The van der Waals surface area contributed by atoms with Gasteiger partial charge in [0.05, 0.1) is 5.92 Å². The highest BCUT2D eigenvalue weighted by Crippen LogP contribution is 2.30. The Labute approximate surface area is 132 Å². The lowest BCUT2D eigenvalue weighted by molar-refractivity contribution is -0.132. The first-order chi connectivity index (χ1) is 10.8. The zero-order chi connectivity index (χ0) is 15.4. The molecule has 0 unspecified atom stereocenters. The van der Waals surface area contributed by atoms with Crippen LogP contribution >= 0.6 is 0 Å². The molecule has 2 heterocycles. The van der Waals surface area contributed by atoms with Crippen molar-refractivity contribution in [2.45, 2.75) is 70.6 Å². The van der Waals surface area contributed by atoms with E-state index in [4.69, 9.17) is 4.52 Å². The maximum atomic E-state index is 12.5. The van der Waals surface area contributed by atoms with E-state index in [9.17, 15) is 4.79 Å². The lowest BCUT2D eigenvalue weighted by Gasteiger charge is -2.31. The summed E-state index contributed by atoms with van der Waals surface area (Å²) in [6.07, 6.45) is 9.97. The molecule has 0 aromatic carbocycles. The quantitative estimate of drug-likeness (QED) is 0.837. The Bertz CT molecular complexity index is 494. The van der Waals surface area contributed by atoms with Crippen LogP contribution in [0.4, 0.5) is 0 Å². The van der Waals surface area contributed by atoms with E-state index in [1.165, 1.54) is 25.7 Å². The van der Waals surface area contributed by atoms with Crippen LogP contribution in [-0.4, -0.2) is 34.0 Å². The molecular formula is C17H27N3O2. The number of likely N-dealkylation sites (tertiary alicyclic amines) is 1. The molecule has 0 N–H and O–H groups in total. The predicted molar refractivity (Wildman–Crippen MR) is 83.4 cm³/mol. The Kier molecular flexibility index (Phi) is 5.11. The monoisotopic (exact) mass is 305 g/mol. The highest BCUT2D eigenvalue weighted by atomic mass is 16.5. The van der Waals surface area contributed by atoms with Gasteiger partial charge in [0.15, 0.2) is 5.82 Å². The maximum Gasteiger partial charge on any atom is 0.231 e. The van der Waals surface area contributed by atoms with Crippen molar-refractivity contribution in [3.05, 3.63) is 11.7 Å². The van der Waals surface area contributed by atoms with Gasteiger partial charge in [0.2, 0.25) is 11.8 Å². The number of hydrogen-bond donors (Lipinski definition) is 0. The van der Waals surface area contributed by atoms with Crippen molar-refractivity contribution < 1.29 is 9.32 Å². The summed E-state index contributed by atoms with van der Waals surface area (Å²) in [5, 5.41) is 3.98. The predicted octanol–water partition coefficient (Wildman–Crippen LogP) is 3.31. The average Bonchev–Trinajstić information content (AvgIpc) is 3.24. The van der Waals surface area contributed by atoms with Gasteiger partial charge in [0, 0.05) is 25.9 Å². The van der Waals surface area contributed by atoms with E-state index in [-0.39, 0.29) is 5.92 Å². The minimum Gasteiger partial charge on any atom is -0.342 e. The third-order valence-electron chi connectivity index (χ3n) is 5.16. The van der Waals surface area contributed by atoms with E-state index in [1.807, 2.05) is 11.8 Å².